The monoisotopic (exact) mass is 453 g/mol. The number of hydrogen-bond acceptors (Lipinski definition) is 3. The van der Waals surface area contributed by atoms with Gasteiger partial charge in [-0.15, -0.1) is 0 Å². The Kier molecular flexibility index (Phi) is 4.69. The van der Waals surface area contributed by atoms with Crippen LogP contribution in [0.15, 0.2) is 91.9 Å². The third-order valence-electron chi connectivity index (χ3n) is 4.60. The molecule has 3 aromatic carbocycles. The number of aromatic nitrogens is 1. The van der Waals surface area contributed by atoms with Gasteiger partial charge in [0.2, 0.25) is 15.3 Å². The highest BCUT2D eigenvalue weighted by Gasteiger charge is 2.27. The molecule has 1 heterocycles. The number of halogens is 1. The molecule has 1 aromatic heterocycles. The summed E-state index contributed by atoms with van der Waals surface area (Å²) in [6.45, 7) is 1.88. The predicted molar refractivity (Wildman–Crippen MR) is 114 cm³/mol. The van der Waals surface area contributed by atoms with Gasteiger partial charge in [-0.05, 0) is 48.9 Å². The van der Waals surface area contributed by atoms with Gasteiger partial charge in [0.05, 0.1) is 10.6 Å². The van der Waals surface area contributed by atoms with E-state index < -0.39 is 15.3 Å². The molecule has 0 saturated carbocycles. The number of nitrogens with one attached hydrogen (secondary N) is 1. The van der Waals surface area contributed by atoms with Crippen molar-refractivity contribution in [2.75, 3.05) is 0 Å². The van der Waals surface area contributed by atoms with Crippen LogP contribution >= 0.6 is 15.9 Å². The molecule has 0 aliphatic carbocycles. The van der Waals surface area contributed by atoms with E-state index in [1.54, 1.807) is 48.5 Å². The largest absolute Gasteiger partial charge is 0.353 e. The molecule has 0 unspecified atom stereocenters. The van der Waals surface area contributed by atoms with Crippen molar-refractivity contribution in [3.05, 3.63) is 93.1 Å². The fourth-order valence-corrected chi connectivity index (χ4v) is 4.91. The standard InChI is InChI=1S/C22H16BrNO3S/c1-14-6-12-17(13-7-14)28(26,27)22-20(15-8-10-16(23)11-9-15)24-19-5-3-2-4-18(19)21(22)25/h2-13H,1H3,(H,24,25). The lowest BCUT2D eigenvalue weighted by Gasteiger charge is -2.13. The SMILES string of the molecule is Cc1ccc(S(=O)(=O)c2c(-c3ccc(Br)cc3)[nH]c3ccccc3c2=O)cc1. The van der Waals surface area contributed by atoms with E-state index in [9.17, 15) is 13.2 Å². The van der Waals surface area contributed by atoms with Gasteiger partial charge in [-0.2, -0.15) is 0 Å². The first-order chi connectivity index (χ1) is 13.4. The molecule has 1 N–H and O–H groups in total. The molecule has 0 spiro atoms. The second-order valence-electron chi connectivity index (χ2n) is 6.53. The smallest absolute Gasteiger partial charge is 0.212 e. The van der Waals surface area contributed by atoms with Crippen molar-refractivity contribution in [3.63, 3.8) is 0 Å². The number of rotatable bonds is 3. The maximum absolute atomic E-state index is 13.4. The second-order valence-corrected chi connectivity index (χ2v) is 9.33. The second kappa shape index (κ2) is 7.04. The third kappa shape index (κ3) is 3.19. The van der Waals surface area contributed by atoms with Gasteiger partial charge in [0.15, 0.2) is 0 Å². The first kappa shape index (κ1) is 18.7. The van der Waals surface area contributed by atoms with E-state index in [1.807, 2.05) is 19.1 Å². The number of fused-ring (bicyclic) bond motifs is 1. The van der Waals surface area contributed by atoms with Gasteiger partial charge in [0.25, 0.3) is 0 Å². The van der Waals surface area contributed by atoms with Gasteiger partial charge in [-0.25, -0.2) is 8.42 Å². The van der Waals surface area contributed by atoms with Crippen molar-refractivity contribution in [2.24, 2.45) is 0 Å². The van der Waals surface area contributed by atoms with Crippen molar-refractivity contribution in [1.82, 2.24) is 4.98 Å². The summed E-state index contributed by atoms with van der Waals surface area (Å²) in [5, 5.41) is 0.342. The van der Waals surface area contributed by atoms with Crippen molar-refractivity contribution >= 4 is 36.7 Å². The molecule has 6 heteroatoms. The molecular formula is C22H16BrNO3S. The van der Waals surface area contributed by atoms with Crippen LogP contribution in [0.4, 0.5) is 0 Å². The maximum Gasteiger partial charge on any atom is 0.212 e. The number of para-hydroxylation sites is 1. The lowest BCUT2D eigenvalue weighted by Crippen LogP contribution is -2.18. The molecule has 0 aliphatic rings. The van der Waals surface area contributed by atoms with Crippen LogP contribution < -0.4 is 5.43 Å². The Labute approximate surface area is 170 Å². The number of sulfone groups is 1. The zero-order valence-electron chi connectivity index (χ0n) is 14.9. The number of H-pyrrole nitrogens is 1. The molecule has 0 radical (unpaired) electrons. The summed E-state index contributed by atoms with van der Waals surface area (Å²) >= 11 is 3.38. The minimum absolute atomic E-state index is 0.0947. The van der Waals surface area contributed by atoms with Crippen LogP contribution in [-0.2, 0) is 9.84 Å². The molecular weight excluding hydrogens is 438 g/mol. The summed E-state index contributed by atoms with van der Waals surface area (Å²) in [7, 11) is -4.02. The Hall–Kier alpha value is -2.70. The average Bonchev–Trinajstić information content (AvgIpc) is 2.68. The van der Waals surface area contributed by atoms with Gasteiger partial charge in [-0.3, -0.25) is 4.79 Å². The highest BCUT2D eigenvalue weighted by molar-refractivity contribution is 9.10. The number of aryl methyl sites for hydroxylation is 1. The molecule has 0 saturated heterocycles. The summed E-state index contributed by atoms with van der Waals surface area (Å²) < 4.78 is 27.7. The number of hydrogen-bond donors (Lipinski definition) is 1. The molecule has 140 valence electrons. The summed E-state index contributed by atoms with van der Waals surface area (Å²) in [6, 6.07) is 20.6. The summed E-state index contributed by atoms with van der Waals surface area (Å²) in [5.74, 6) is 0. The zero-order chi connectivity index (χ0) is 19.9. The molecule has 28 heavy (non-hydrogen) atoms. The van der Waals surface area contributed by atoms with Gasteiger partial charge in [0, 0.05) is 15.4 Å². The van der Waals surface area contributed by atoms with Crippen molar-refractivity contribution < 1.29 is 8.42 Å². The van der Waals surface area contributed by atoms with Gasteiger partial charge in [0.1, 0.15) is 4.90 Å². The lowest BCUT2D eigenvalue weighted by molar-refractivity contribution is 0.595. The summed E-state index contributed by atoms with van der Waals surface area (Å²) in [4.78, 5) is 16.3. The van der Waals surface area contributed by atoms with Crippen molar-refractivity contribution in [3.8, 4) is 11.3 Å². The maximum atomic E-state index is 13.4. The molecule has 0 aliphatic heterocycles. The Morgan fingerprint density at radius 2 is 1.50 bits per heavy atom. The highest BCUT2D eigenvalue weighted by atomic mass is 79.9. The minimum Gasteiger partial charge on any atom is -0.353 e. The lowest BCUT2D eigenvalue weighted by atomic mass is 10.1. The normalized spacial score (nSPS) is 11.6. The van der Waals surface area contributed by atoms with Crippen molar-refractivity contribution in [2.45, 2.75) is 16.7 Å². The van der Waals surface area contributed by atoms with Gasteiger partial charge < -0.3 is 4.98 Å². The topological polar surface area (TPSA) is 67.0 Å². The van der Waals surface area contributed by atoms with Crippen LogP contribution in [-0.4, -0.2) is 13.4 Å². The minimum atomic E-state index is -4.02. The van der Waals surface area contributed by atoms with Crippen LogP contribution in [0.25, 0.3) is 22.2 Å². The Balaban J connectivity index is 2.10. The highest BCUT2D eigenvalue weighted by Crippen LogP contribution is 2.30. The van der Waals surface area contributed by atoms with Crippen LogP contribution in [0.1, 0.15) is 5.56 Å². The fourth-order valence-electron chi connectivity index (χ4n) is 3.13. The first-order valence-corrected chi connectivity index (χ1v) is 10.9. The number of pyridine rings is 1. The predicted octanol–water partition coefficient (Wildman–Crippen LogP) is 5.10. The van der Waals surface area contributed by atoms with Gasteiger partial charge >= 0.3 is 0 Å². The Morgan fingerprint density at radius 1 is 0.857 bits per heavy atom. The number of benzene rings is 3. The summed E-state index contributed by atoms with van der Waals surface area (Å²) in [6.07, 6.45) is 0. The molecule has 4 rings (SSSR count). The first-order valence-electron chi connectivity index (χ1n) is 8.60. The molecule has 4 nitrogen and oxygen atoms in total. The van der Waals surface area contributed by atoms with E-state index in [0.717, 1.165) is 10.0 Å². The van der Waals surface area contributed by atoms with Crippen LogP contribution in [0.3, 0.4) is 0 Å². The average molecular weight is 454 g/mol. The zero-order valence-corrected chi connectivity index (χ0v) is 17.3. The molecule has 0 fully saturated rings. The third-order valence-corrected chi connectivity index (χ3v) is 6.95. The van der Waals surface area contributed by atoms with Crippen LogP contribution in [0.2, 0.25) is 0 Å². The molecule has 0 atom stereocenters. The summed E-state index contributed by atoms with van der Waals surface area (Å²) in [5.41, 5.74) is 1.94. The van der Waals surface area contributed by atoms with E-state index >= 15 is 0 Å². The molecule has 4 aromatic rings. The van der Waals surface area contributed by atoms with E-state index in [4.69, 9.17) is 0 Å². The molecule has 0 amide bonds. The Morgan fingerprint density at radius 3 is 2.18 bits per heavy atom. The molecule has 0 bridgehead atoms. The van der Waals surface area contributed by atoms with E-state index in [-0.39, 0.29) is 15.5 Å². The van der Waals surface area contributed by atoms with E-state index in [0.29, 0.717) is 16.5 Å². The number of aromatic amines is 1. The van der Waals surface area contributed by atoms with Gasteiger partial charge in [-0.1, -0.05) is 57.9 Å². The van der Waals surface area contributed by atoms with E-state index in [2.05, 4.69) is 20.9 Å². The fraction of sp³-hybridized carbons (Fsp3) is 0.0455. The van der Waals surface area contributed by atoms with E-state index in [1.165, 1.54) is 12.1 Å². The Bertz CT molecular complexity index is 1340. The van der Waals surface area contributed by atoms with Crippen LogP contribution in [0, 0.1) is 6.92 Å². The van der Waals surface area contributed by atoms with Crippen LogP contribution in [0.5, 0.6) is 0 Å². The quantitative estimate of drug-likeness (QED) is 0.469. The van der Waals surface area contributed by atoms with Crippen molar-refractivity contribution in [1.29, 1.82) is 0 Å².